The highest BCUT2D eigenvalue weighted by molar-refractivity contribution is 5.43. The van der Waals surface area contributed by atoms with Gasteiger partial charge in [-0.05, 0) is 31.5 Å². The summed E-state index contributed by atoms with van der Waals surface area (Å²) in [6.45, 7) is 6.97. The molecule has 2 rings (SSSR count). The molecule has 1 aromatic rings. The molecular weight excluding hydrogens is 230 g/mol. The van der Waals surface area contributed by atoms with Crippen LogP contribution in [0.3, 0.4) is 0 Å². The van der Waals surface area contributed by atoms with Crippen LogP contribution in [0, 0.1) is 0 Å². The van der Waals surface area contributed by atoms with Crippen molar-refractivity contribution in [3.63, 3.8) is 0 Å². The Hall–Kier alpha value is -1.26. The molecule has 0 spiro atoms. The van der Waals surface area contributed by atoms with Gasteiger partial charge in [-0.1, -0.05) is 6.07 Å². The second-order valence-electron chi connectivity index (χ2n) is 5.05. The van der Waals surface area contributed by atoms with Gasteiger partial charge in [-0.15, -0.1) is 0 Å². The van der Waals surface area contributed by atoms with Gasteiger partial charge in [0.2, 0.25) is 0 Å². The fourth-order valence-electron chi connectivity index (χ4n) is 1.78. The summed E-state index contributed by atoms with van der Waals surface area (Å²) in [5, 5.41) is 3.38. The highest BCUT2D eigenvalue weighted by Crippen LogP contribution is 2.30. The molecule has 1 aromatic carbocycles. The van der Waals surface area contributed by atoms with E-state index in [9.17, 15) is 0 Å². The van der Waals surface area contributed by atoms with Crippen molar-refractivity contribution in [2.75, 3.05) is 26.9 Å². The summed E-state index contributed by atoms with van der Waals surface area (Å²) in [5.41, 5.74) is 1.04. The molecule has 1 heterocycles. The Morgan fingerprint density at radius 3 is 2.67 bits per heavy atom. The van der Waals surface area contributed by atoms with E-state index in [0.717, 1.165) is 24.6 Å². The highest BCUT2D eigenvalue weighted by atomic mass is 16.6. The molecule has 0 amide bonds. The lowest BCUT2D eigenvalue weighted by Crippen LogP contribution is -2.36. The van der Waals surface area contributed by atoms with Crippen molar-refractivity contribution >= 4 is 0 Å². The molecule has 0 atom stereocenters. The van der Waals surface area contributed by atoms with Gasteiger partial charge in [-0.3, -0.25) is 0 Å². The van der Waals surface area contributed by atoms with E-state index in [1.54, 1.807) is 7.11 Å². The summed E-state index contributed by atoms with van der Waals surface area (Å²) >= 11 is 0. The first kappa shape index (κ1) is 13.2. The van der Waals surface area contributed by atoms with E-state index >= 15 is 0 Å². The van der Waals surface area contributed by atoms with Crippen molar-refractivity contribution in [3.8, 4) is 11.5 Å². The number of hydrogen-bond acceptors (Lipinski definition) is 4. The number of hydrogen-bond donors (Lipinski definition) is 1. The summed E-state index contributed by atoms with van der Waals surface area (Å²) in [5.74, 6) is 1.67. The number of fused-ring (bicyclic) bond motifs is 1. The molecule has 0 aromatic heterocycles. The zero-order valence-corrected chi connectivity index (χ0v) is 11.3. The van der Waals surface area contributed by atoms with Crippen LogP contribution < -0.4 is 14.8 Å². The highest BCUT2D eigenvalue weighted by Gasteiger charge is 2.16. The number of benzene rings is 1. The zero-order chi connectivity index (χ0) is 13.0. The smallest absolute Gasteiger partial charge is 0.161 e. The average molecular weight is 251 g/mol. The molecule has 1 aliphatic rings. The van der Waals surface area contributed by atoms with E-state index in [0.29, 0.717) is 13.2 Å². The first-order chi connectivity index (χ1) is 8.61. The van der Waals surface area contributed by atoms with Crippen LogP contribution in [0.25, 0.3) is 0 Å². The number of ether oxygens (including phenoxy) is 3. The second-order valence-corrected chi connectivity index (χ2v) is 5.05. The van der Waals surface area contributed by atoms with Crippen LogP contribution in [0.4, 0.5) is 0 Å². The summed E-state index contributed by atoms with van der Waals surface area (Å²) < 4.78 is 16.4. The summed E-state index contributed by atoms with van der Waals surface area (Å²) in [7, 11) is 1.73. The molecule has 0 saturated heterocycles. The molecule has 0 saturated carbocycles. The van der Waals surface area contributed by atoms with Crippen LogP contribution in [-0.4, -0.2) is 32.5 Å². The van der Waals surface area contributed by atoms with Crippen LogP contribution in [-0.2, 0) is 11.3 Å². The maximum absolute atomic E-state index is 5.56. The molecule has 100 valence electrons. The van der Waals surface area contributed by atoms with E-state index < -0.39 is 0 Å². The van der Waals surface area contributed by atoms with Gasteiger partial charge >= 0.3 is 0 Å². The third kappa shape index (κ3) is 3.37. The van der Waals surface area contributed by atoms with Crippen LogP contribution >= 0.6 is 0 Å². The fraction of sp³-hybridized carbons (Fsp3) is 0.571. The first-order valence-corrected chi connectivity index (χ1v) is 6.25. The van der Waals surface area contributed by atoms with Gasteiger partial charge in [0.15, 0.2) is 11.5 Å². The van der Waals surface area contributed by atoms with Gasteiger partial charge in [0.1, 0.15) is 13.2 Å². The summed E-state index contributed by atoms with van der Waals surface area (Å²) in [6.07, 6.45) is 0. The third-order valence-electron chi connectivity index (χ3n) is 3.04. The molecule has 4 nitrogen and oxygen atoms in total. The van der Waals surface area contributed by atoms with Crippen molar-refractivity contribution in [2.24, 2.45) is 0 Å². The molecule has 1 N–H and O–H groups in total. The van der Waals surface area contributed by atoms with Crippen LogP contribution in [0.5, 0.6) is 11.5 Å². The molecule has 18 heavy (non-hydrogen) atoms. The Kier molecular flexibility index (Phi) is 4.09. The summed E-state index contributed by atoms with van der Waals surface area (Å²) in [6, 6.07) is 6.05. The van der Waals surface area contributed by atoms with Crippen molar-refractivity contribution in [3.05, 3.63) is 23.8 Å². The Morgan fingerprint density at radius 2 is 1.94 bits per heavy atom. The molecule has 0 aliphatic carbocycles. The minimum atomic E-state index is -0.145. The van der Waals surface area contributed by atoms with Crippen molar-refractivity contribution in [1.82, 2.24) is 5.32 Å². The lowest BCUT2D eigenvalue weighted by Gasteiger charge is -2.23. The van der Waals surface area contributed by atoms with Crippen LogP contribution in [0.1, 0.15) is 19.4 Å². The Labute approximate surface area is 108 Å². The predicted octanol–water partition coefficient (Wildman–Crippen LogP) is 1.97. The van der Waals surface area contributed by atoms with Crippen LogP contribution in [0.2, 0.25) is 0 Å². The lowest BCUT2D eigenvalue weighted by atomic mass is 10.1. The van der Waals surface area contributed by atoms with E-state index in [1.165, 1.54) is 5.56 Å². The van der Waals surface area contributed by atoms with Crippen LogP contribution in [0.15, 0.2) is 18.2 Å². The number of methoxy groups -OCH3 is 1. The first-order valence-electron chi connectivity index (χ1n) is 6.25. The number of rotatable bonds is 5. The van der Waals surface area contributed by atoms with Gasteiger partial charge in [-0.2, -0.15) is 0 Å². The molecule has 0 bridgehead atoms. The van der Waals surface area contributed by atoms with Gasteiger partial charge in [-0.25, -0.2) is 0 Å². The maximum atomic E-state index is 5.56. The topological polar surface area (TPSA) is 39.7 Å². The lowest BCUT2D eigenvalue weighted by molar-refractivity contribution is 0.0230. The predicted molar refractivity (Wildman–Crippen MR) is 70.2 cm³/mol. The monoisotopic (exact) mass is 251 g/mol. The van der Waals surface area contributed by atoms with E-state index in [4.69, 9.17) is 14.2 Å². The fourth-order valence-corrected chi connectivity index (χ4v) is 1.78. The summed E-state index contributed by atoms with van der Waals surface area (Å²) in [4.78, 5) is 0. The van der Waals surface area contributed by atoms with Gasteiger partial charge in [0.25, 0.3) is 0 Å². The van der Waals surface area contributed by atoms with Gasteiger partial charge in [0.05, 0.1) is 5.60 Å². The molecule has 1 aliphatic heterocycles. The minimum absolute atomic E-state index is 0.145. The number of nitrogens with one attached hydrogen (secondary N) is 1. The average Bonchev–Trinajstić information content (AvgIpc) is 2.38. The van der Waals surface area contributed by atoms with Crippen molar-refractivity contribution in [1.29, 1.82) is 0 Å². The van der Waals surface area contributed by atoms with Gasteiger partial charge < -0.3 is 19.5 Å². The van der Waals surface area contributed by atoms with Crippen molar-refractivity contribution < 1.29 is 14.2 Å². The molecule has 0 radical (unpaired) electrons. The quantitative estimate of drug-likeness (QED) is 0.868. The van der Waals surface area contributed by atoms with E-state index in [2.05, 4.69) is 25.2 Å². The van der Waals surface area contributed by atoms with E-state index in [-0.39, 0.29) is 5.60 Å². The van der Waals surface area contributed by atoms with E-state index in [1.807, 2.05) is 12.1 Å². The standard InChI is InChI=1S/C14H21NO3/c1-14(2,16-3)10-15-9-11-4-5-12-13(8-11)18-7-6-17-12/h4-5,8,15H,6-7,9-10H2,1-3H3. The molecule has 0 unspecified atom stereocenters. The Balaban J connectivity index is 1.90. The zero-order valence-electron chi connectivity index (χ0n) is 11.3. The minimum Gasteiger partial charge on any atom is -0.486 e. The maximum Gasteiger partial charge on any atom is 0.161 e. The third-order valence-corrected chi connectivity index (χ3v) is 3.04. The molecular formula is C14H21NO3. The Morgan fingerprint density at radius 1 is 1.22 bits per heavy atom. The Bertz CT molecular complexity index is 404. The largest absolute Gasteiger partial charge is 0.486 e. The second kappa shape index (κ2) is 5.59. The van der Waals surface area contributed by atoms with Gasteiger partial charge in [0, 0.05) is 20.2 Å². The van der Waals surface area contributed by atoms with Crippen molar-refractivity contribution in [2.45, 2.75) is 26.0 Å². The SMILES string of the molecule is COC(C)(C)CNCc1ccc2c(c1)OCCO2. The normalized spacial score (nSPS) is 14.6. The molecule has 0 fully saturated rings. The molecule has 4 heteroatoms.